The van der Waals surface area contributed by atoms with Gasteiger partial charge in [0, 0.05) is 48.5 Å². The van der Waals surface area contributed by atoms with Crippen molar-refractivity contribution in [1.29, 1.82) is 0 Å². The Kier molecular flexibility index (Phi) is 15.0. The summed E-state index contributed by atoms with van der Waals surface area (Å²) in [5, 5.41) is 13.1. The summed E-state index contributed by atoms with van der Waals surface area (Å²) in [5.74, 6) is -0.589. The number of hydrogen-bond acceptors (Lipinski definition) is 5. The van der Waals surface area contributed by atoms with Crippen LogP contribution in [0.25, 0.3) is 5.57 Å². The predicted molar refractivity (Wildman–Crippen MR) is 195 cm³/mol. The van der Waals surface area contributed by atoms with E-state index >= 15 is 0 Å². The maximum absolute atomic E-state index is 13.1. The van der Waals surface area contributed by atoms with E-state index in [4.69, 9.17) is 4.74 Å². The zero-order valence-corrected chi connectivity index (χ0v) is 29.4. The minimum absolute atomic E-state index is 0.156. The molecule has 0 unspecified atom stereocenters. The smallest absolute Gasteiger partial charge is 0.346 e. The summed E-state index contributed by atoms with van der Waals surface area (Å²) in [5.41, 5.74) is 7.63. The van der Waals surface area contributed by atoms with Gasteiger partial charge in [0.2, 0.25) is 0 Å². The fraction of sp³-hybridized carbons (Fsp3) is 0.476. The van der Waals surface area contributed by atoms with Gasteiger partial charge in [-0.2, -0.15) is 0 Å². The number of esters is 1. The standard InChI is InChI=1S/C42H54N2O4/c1-4-6-30-44(31-7-5-2)37-27-23-34(24-28-37)39-40(45)38(41(39)46)33-21-25-36(26-22-33)43(3)29-17-13-11-9-8-10-12-14-18-32-48-42(47)35-19-15-16-20-35/h15-16,19,21-28H,4-14,17-18,29-32H2,1-3H3. The third kappa shape index (κ3) is 10.4. The highest BCUT2D eigenvalue weighted by Crippen LogP contribution is 2.38. The summed E-state index contributed by atoms with van der Waals surface area (Å²) in [6, 6.07) is 7.95. The molecule has 0 atom stereocenters. The number of ketones is 1. The molecule has 0 bridgehead atoms. The number of rotatable bonds is 21. The maximum atomic E-state index is 13.1. The van der Waals surface area contributed by atoms with Crippen molar-refractivity contribution < 1.29 is 24.0 Å². The van der Waals surface area contributed by atoms with Crippen LogP contribution >= 0.6 is 0 Å². The number of carbonyl (C=O) groups excluding carboxylic acids is 2. The van der Waals surface area contributed by atoms with Crippen molar-refractivity contribution in [2.24, 2.45) is 0 Å². The van der Waals surface area contributed by atoms with Gasteiger partial charge in [0.15, 0.2) is 11.5 Å². The maximum Gasteiger partial charge on any atom is 0.346 e. The number of benzene rings is 1. The van der Waals surface area contributed by atoms with E-state index in [0.717, 1.165) is 76.0 Å². The van der Waals surface area contributed by atoms with Crippen LogP contribution in [-0.2, 0) is 14.3 Å². The Labute approximate surface area is 288 Å². The second-order valence-electron chi connectivity index (χ2n) is 13.0. The van der Waals surface area contributed by atoms with Crippen LogP contribution in [0.3, 0.4) is 0 Å². The van der Waals surface area contributed by atoms with Gasteiger partial charge in [0.05, 0.1) is 6.61 Å². The molecule has 1 aromatic rings. The molecular formula is C42H54N2O4. The van der Waals surface area contributed by atoms with Crippen molar-refractivity contribution in [3.8, 4) is 0 Å². The van der Waals surface area contributed by atoms with Gasteiger partial charge in [0.25, 0.3) is 0 Å². The van der Waals surface area contributed by atoms with E-state index in [1.54, 1.807) is 18.2 Å². The van der Waals surface area contributed by atoms with E-state index in [2.05, 4.69) is 48.2 Å². The molecule has 3 aliphatic rings. The number of ether oxygens (including phenoxy) is 1. The molecule has 0 aromatic heterocycles. The van der Waals surface area contributed by atoms with Gasteiger partial charge in [-0.25, -0.2) is 9.37 Å². The van der Waals surface area contributed by atoms with Gasteiger partial charge >= 0.3 is 5.97 Å². The molecule has 3 aliphatic carbocycles. The van der Waals surface area contributed by atoms with Crippen molar-refractivity contribution in [3.05, 3.63) is 101 Å². The first kappa shape index (κ1) is 36.7. The molecule has 0 saturated carbocycles. The Balaban J connectivity index is 1.15. The average Bonchev–Trinajstić information content (AvgIpc) is 3.65. The van der Waals surface area contributed by atoms with E-state index in [0.29, 0.717) is 34.5 Å². The molecule has 0 saturated heterocycles. The van der Waals surface area contributed by atoms with Gasteiger partial charge in [-0.3, -0.25) is 4.79 Å². The second kappa shape index (κ2) is 19.6. The van der Waals surface area contributed by atoms with Crippen LogP contribution in [-0.4, -0.2) is 55.3 Å². The van der Waals surface area contributed by atoms with Crippen molar-refractivity contribution in [2.75, 3.05) is 38.2 Å². The highest BCUT2D eigenvalue weighted by atomic mass is 16.5. The normalized spacial score (nSPS) is 15.0. The van der Waals surface area contributed by atoms with Crippen LogP contribution in [0.5, 0.6) is 0 Å². The molecule has 6 heteroatoms. The lowest BCUT2D eigenvalue weighted by Gasteiger charge is -2.32. The largest absolute Gasteiger partial charge is 0.871 e. The first-order valence-electron chi connectivity index (χ1n) is 18.2. The van der Waals surface area contributed by atoms with Gasteiger partial charge < -0.3 is 14.7 Å². The molecule has 48 heavy (non-hydrogen) atoms. The number of carbonyl (C=O) groups is 2. The van der Waals surface area contributed by atoms with Crippen molar-refractivity contribution >= 4 is 28.7 Å². The number of anilines is 1. The van der Waals surface area contributed by atoms with E-state index < -0.39 is 0 Å². The molecule has 256 valence electrons. The molecule has 0 spiro atoms. The zero-order valence-electron chi connectivity index (χ0n) is 29.4. The number of unbranched alkanes of at least 4 members (excludes halogenated alkanes) is 10. The van der Waals surface area contributed by atoms with Crippen molar-refractivity contribution in [3.63, 3.8) is 0 Å². The molecule has 0 heterocycles. The van der Waals surface area contributed by atoms with Crippen LogP contribution in [0.4, 0.5) is 5.69 Å². The molecule has 4 rings (SSSR count). The monoisotopic (exact) mass is 650 g/mol. The molecule has 0 aliphatic heterocycles. The quantitative estimate of drug-likeness (QED) is 0.0444. The van der Waals surface area contributed by atoms with Crippen LogP contribution in [0.15, 0.2) is 95.0 Å². The SMILES string of the molecule is CCCCN(CCCC)c1ccc(C2=C([O-])C(=C3C=CC(=[N+](C)CCCCCCCCCCCOC(=O)C4=C=CC=C4)C=C3)C2=O)cc1. The zero-order chi connectivity index (χ0) is 34.1. The second-order valence-corrected chi connectivity index (χ2v) is 13.0. The average molecular weight is 651 g/mol. The summed E-state index contributed by atoms with van der Waals surface area (Å²) in [6.45, 7) is 7.91. The Morgan fingerprint density at radius 1 is 0.792 bits per heavy atom. The first-order valence-corrected chi connectivity index (χ1v) is 18.2. The summed E-state index contributed by atoms with van der Waals surface area (Å²) < 4.78 is 7.52. The molecule has 6 nitrogen and oxygen atoms in total. The van der Waals surface area contributed by atoms with E-state index in [9.17, 15) is 14.7 Å². The topological polar surface area (TPSA) is 72.7 Å². The Hall–Kier alpha value is -4.15. The fourth-order valence-electron chi connectivity index (χ4n) is 6.23. The molecule has 1 aromatic carbocycles. The number of hydrogen-bond donors (Lipinski definition) is 0. The van der Waals surface area contributed by atoms with E-state index in [1.807, 2.05) is 36.4 Å². The molecule has 0 amide bonds. The highest BCUT2D eigenvalue weighted by molar-refractivity contribution is 6.39. The van der Waals surface area contributed by atoms with Crippen LogP contribution in [0.2, 0.25) is 0 Å². The van der Waals surface area contributed by atoms with E-state index in [1.165, 1.54) is 38.5 Å². The van der Waals surface area contributed by atoms with Crippen LogP contribution < -0.4 is 10.0 Å². The Morgan fingerprint density at radius 2 is 1.40 bits per heavy atom. The molecule has 0 radical (unpaired) electrons. The lowest BCUT2D eigenvalue weighted by Crippen LogP contribution is -2.30. The molecule has 0 fully saturated rings. The van der Waals surface area contributed by atoms with Crippen LogP contribution in [0.1, 0.15) is 103 Å². The number of nitrogens with zero attached hydrogens (tertiary/aromatic N) is 2. The number of Topliss-reactive ketones (excluding diaryl/α,β-unsaturated/α-hetero) is 1. The lowest BCUT2D eigenvalue weighted by molar-refractivity contribution is -0.496. The number of allylic oxidation sites excluding steroid dienone is 8. The van der Waals surface area contributed by atoms with Gasteiger partial charge in [-0.05, 0) is 73.3 Å². The van der Waals surface area contributed by atoms with Gasteiger partial charge in [-0.1, -0.05) is 89.2 Å². The predicted octanol–water partition coefficient (Wildman–Crippen LogP) is 7.96. The third-order valence-electron chi connectivity index (χ3n) is 9.28. The third-order valence-corrected chi connectivity index (χ3v) is 9.28. The van der Waals surface area contributed by atoms with Crippen molar-refractivity contribution in [1.82, 2.24) is 0 Å². The summed E-state index contributed by atoms with van der Waals surface area (Å²) >= 11 is 0. The minimum atomic E-state index is -0.277. The fourth-order valence-corrected chi connectivity index (χ4v) is 6.23. The Bertz CT molecular complexity index is 1500. The summed E-state index contributed by atoms with van der Waals surface area (Å²) in [4.78, 5) is 27.3. The Morgan fingerprint density at radius 3 is 1.96 bits per heavy atom. The lowest BCUT2D eigenvalue weighted by atomic mass is 9.80. The highest BCUT2D eigenvalue weighted by Gasteiger charge is 2.30. The minimum Gasteiger partial charge on any atom is -0.871 e. The van der Waals surface area contributed by atoms with Gasteiger partial charge in [-0.15, -0.1) is 5.73 Å². The summed E-state index contributed by atoms with van der Waals surface area (Å²) in [6.07, 6.45) is 28.2. The molecular weight excluding hydrogens is 596 g/mol. The van der Waals surface area contributed by atoms with Crippen molar-refractivity contribution in [2.45, 2.75) is 97.3 Å². The van der Waals surface area contributed by atoms with Crippen LogP contribution in [0, 0.1) is 0 Å². The first-order chi connectivity index (χ1) is 23.4. The summed E-state index contributed by atoms with van der Waals surface area (Å²) in [7, 11) is 2.10. The van der Waals surface area contributed by atoms with E-state index in [-0.39, 0.29) is 17.5 Å². The molecule has 0 N–H and O–H groups in total. The van der Waals surface area contributed by atoms with Gasteiger partial charge in [0.1, 0.15) is 19.2 Å².